The van der Waals surface area contributed by atoms with Gasteiger partial charge in [0.1, 0.15) is 0 Å². The predicted molar refractivity (Wildman–Crippen MR) is 63.8 cm³/mol. The molecule has 1 rings (SSSR count). The number of sulfonamides is 1. The van der Waals surface area contributed by atoms with E-state index in [0.717, 1.165) is 25.7 Å². The quantitative estimate of drug-likeness (QED) is 0.681. The first-order chi connectivity index (χ1) is 7.11. The molecule has 0 aromatic carbocycles. The fourth-order valence-electron chi connectivity index (χ4n) is 2.23. The Kier molecular flexibility index (Phi) is 5.36. The summed E-state index contributed by atoms with van der Waals surface area (Å²) < 4.78 is 25.6. The van der Waals surface area contributed by atoms with Gasteiger partial charge in [0, 0.05) is 18.5 Å². The Morgan fingerprint density at radius 2 is 1.93 bits per heavy atom. The molecule has 0 heterocycles. The monoisotopic (exact) mass is 253 g/mol. The topological polar surface area (TPSA) is 37.4 Å². The summed E-state index contributed by atoms with van der Waals surface area (Å²) in [4.78, 5) is 0. The molecule has 0 amide bonds. The van der Waals surface area contributed by atoms with E-state index in [9.17, 15) is 8.42 Å². The highest BCUT2D eigenvalue weighted by molar-refractivity contribution is 7.89. The molecule has 0 unspecified atom stereocenters. The third-order valence-electron chi connectivity index (χ3n) is 2.94. The normalized spacial score (nSPS) is 18.9. The lowest BCUT2D eigenvalue weighted by atomic mass is 10.2. The number of hydrogen-bond donors (Lipinski definition) is 0. The third-order valence-corrected chi connectivity index (χ3v) is 5.28. The lowest BCUT2D eigenvalue weighted by molar-refractivity contribution is 0.335. The predicted octanol–water partition coefficient (Wildman–Crippen LogP) is 2.21. The van der Waals surface area contributed by atoms with Crippen molar-refractivity contribution in [1.82, 2.24) is 4.31 Å². The lowest BCUT2D eigenvalue weighted by Crippen LogP contribution is -2.40. The maximum absolute atomic E-state index is 12.0. The van der Waals surface area contributed by atoms with E-state index in [-0.39, 0.29) is 11.8 Å². The fraction of sp³-hybridized carbons (Fsp3) is 1.00. The summed E-state index contributed by atoms with van der Waals surface area (Å²) in [5.41, 5.74) is 0. The molecule has 1 saturated carbocycles. The number of nitrogens with zero attached hydrogens (tertiary/aromatic N) is 1. The molecule has 5 heteroatoms. The SMILES string of the molecule is CCN(C1CCCC1)S(=O)(=O)CCCCl. The van der Waals surface area contributed by atoms with Crippen LogP contribution in [0.25, 0.3) is 0 Å². The minimum absolute atomic E-state index is 0.195. The molecule has 0 saturated heterocycles. The zero-order chi connectivity index (χ0) is 11.3. The second-order valence-corrected chi connectivity index (χ2v) is 6.42. The average molecular weight is 254 g/mol. The molecule has 0 atom stereocenters. The zero-order valence-electron chi connectivity index (χ0n) is 9.28. The molecule has 90 valence electrons. The van der Waals surface area contributed by atoms with Gasteiger partial charge in [0.05, 0.1) is 5.75 Å². The molecule has 0 bridgehead atoms. The van der Waals surface area contributed by atoms with Crippen molar-refractivity contribution < 1.29 is 8.42 Å². The summed E-state index contributed by atoms with van der Waals surface area (Å²) in [5, 5.41) is 0. The number of alkyl halides is 1. The van der Waals surface area contributed by atoms with Gasteiger partial charge in [-0.05, 0) is 19.3 Å². The Morgan fingerprint density at radius 3 is 2.40 bits per heavy atom. The zero-order valence-corrected chi connectivity index (χ0v) is 10.9. The van der Waals surface area contributed by atoms with Crippen LogP contribution in [-0.2, 0) is 10.0 Å². The highest BCUT2D eigenvalue weighted by Crippen LogP contribution is 2.25. The Bertz CT molecular complexity index is 273. The van der Waals surface area contributed by atoms with E-state index in [1.165, 1.54) is 0 Å². The molecule has 0 aromatic rings. The van der Waals surface area contributed by atoms with Gasteiger partial charge in [0.15, 0.2) is 0 Å². The Labute approximate surface area is 97.8 Å². The molecule has 1 fully saturated rings. The number of halogens is 1. The molecule has 0 N–H and O–H groups in total. The van der Waals surface area contributed by atoms with Gasteiger partial charge in [-0.3, -0.25) is 0 Å². The van der Waals surface area contributed by atoms with Crippen LogP contribution in [0.2, 0.25) is 0 Å². The smallest absolute Gasteiger partial charge is 0.212 e. The van der Waals surface area contributed by atoms with E-state index in [0.29, 0.717) is 18.8 Å². The van der Waals surface area contributed by atoms with E-state index in [2.05, 4.69) is 0 Å². The van der Waals surface area contributed by atoms with E-state index in [4.69, 9.17) is 11.6 Å². The summed E-state index contributed by atoms with van der Waals surface area (Å²) in [6, 6.07) is 0.246. The Morgan fingerprint density at radius 1 is 1.33 bits per heavy atom. The summed E-state index contributed by atoms with van der Waals surface area (Å²) in [5.74, 6) is 0.613. The van der Waals surface area contributed by atoms with Crippen LogP contribution in [0.3, 0.4) is 0 Å². The van der Waals surface area contributed by atoms with Gasteiger partial charge in [-0.25, -0.2) is 8.42 Å². The lowest BCUT2D eigenvalue weighted by Gasteiger charge is -2.26. The van der Waals surface area contributed by atoms with Gasteiger partial charge in [0.25, 0.3) is 0 Å². The maximum Gasteiger partial charge on any atom is 0.214 e. The third kappa shape index (κ3) is 3.61. The van der Waals surface area contributed by atoms with E-state index < -0.39 is 10.0 Å². The summed E-state index contributed by atoms with van der Waals surface area (Å²) in [6.07, 6.45) is 4.91. The van der Waals surface area contributed by atoms with Crippen LogP contribution in [0.1, 0.15) is 39.0 Å². The van der Waals surface area contributed by atoms with Gasteiger partial charge in [-0.1, -0.05) is 19.8 Å². The minimum atomic E-state index is -3.07. The molecule has 1 aliphatic rings. The standard InChI is InChI=1S/C10H20ClNO2S/c1-2-12(10-6-3-4-7-10)15(13,14)9-5-8-11/h10H,2-9H2,1H3. The molecule has 15 heavy (non-hydrogen) atoms. The van der Waals surface area contributed by atoms with Crippen molar-refractivity contribution in [2.24, 2.45) is 0 Å². The van der Waals surface area contributed by atoms with Crippen molar-refractivity contribution >= 4 is 21.6 Å². The molecule has 0 radical (unpaired) electrons. The van der Waals surface area contributed by atoms with Crippen LogP contribution in [0.15, 0.2) is 0 Å². The van der Waals surface area contributed by atoms with Crippen LogP contribution in [0, 0.1) is 0 Å². The van der Waals surface area contributed by atoms with E-state index >= 15 is 0 Å². The van der Waals surface area contributed by atoms with Crippen LogP contribution >= 0.6 is 11.6 Å². The first-order valence-corrected chi connectivity index (χ1v) is 7.81. The van der Waals surface area contributed by atoms with Gasteiger partial charge in [-0.2, -0.15) is 4.31 Å². The summed E-state index contributed by atoms with van der Waals surface area (Å²) >= 11 is 5.53. The van der Waals surface area contributed by atoms with Crippen molar-refractivity contribution in [3.63, 3.8) is 0 Å². The first-order valence-electron chi connectivity index (χ1n) is 5.67. The number of rotatable bonds is 6. The van der Waals surface area contributed by atoms with Crippen LogP contribution < -0.4 is 0 Å². The van der Waals surface area contributed by atoms with Gasteiger partial charge in [-0.15, -0.1) is 11.6 Å². The second kappa shape index (κ2) is 6.06. The van der Waals surface area contributed by atoms with Crippen LogP contribution in [0.5, 0.6) is 0 Å². The largest absolute Gasteiger partial charge is 0.214 e. The Hall–Kier alpha value is 0.200. The summed E-state index contributed by atoms with van der Waals surface area (Å²) in [7, 11) is -3.07. The van der Waals surface area contributed by atoms with Gasteiger partial charge < -0.3 is 0 Å². The second-order valence-electron chi connectivity index (χ2n) is 4.00. The number of hydrogen-bond acceptors (Lipinski definition) is 2. The van der Waals surface area contributed by atoms with Crippen LogP contribution in [0.4, 0.5) is 0 Å². The molecule has 0 aromatic heterocycles. The van der Waals surface area contributed by atoms with Crippen molar-refractivity contribution in [2.75, 3.05) is 18.2 Å². The van der Waals surface area contributed by atoms with Crippen molar-refractivity contribution in [3.05, 3.63) is 0 Å². The summed E-state index contributed by atoms with van der Waals surface area (Å²) in [6.45, 7) is 2.51. The maximum atomic E-state index is 12.0. The molecule has 0 spiro atoms. The van der Waals surface area contributed by atoms with E-state index in [1.54, 1.807) is 4.31 Å². The first kappa shape index (κ1) is 13.3. The Balaban J connectivity index is 2.63. The molecule has 1 aliphatic carbocycles. The highest BCUT2D eigenvalue weighted by Gasteiger charge is 2.29. The van der Waals surface area contributed by atoms with Crippen molar-refractivity contribution in [3.8, 4) is 0 Å². The minimum Gasteiger partial charge on any atom is -0.212 e. The fourth-order valence-corrected chi connectivity index (χ4v) is 4.32. The van der Waals surface area contributed by atoms with E-state index in [1.807, 2.05) is 6.92 Å². The van der Waals surface area contributed by atoms with Gasteiger partial charge >= 0.3 is 0 Å². The molecule has 3 nitrogen and oxygen atoms in total. The molecule has 0 aliphatic heterocycles. The van der Waals surface area contributed by atoms with Crippen molar-refractivity contribution in [2.45, 2.75) is 45.1 Å². The molecular formula is C10H20ClNO2S. The highest BCUT2D eigenvalue weighted by atomic mass is 35.5. The van der Waals surface area contributed by atoms with Gasteiger partial charge in [0.2, 0.25) is 10.0 Å². The molecular weight excluding hydrogens is 234 g/mol. The van der Waals surface area contributed by atoms with Crippen molar-refractivity contribution in [1.29, 1.82) is 0 Å². The van der Waals surface area contributed by atoms with Crippen LogP contribution in [-0.4, -0.2) is 36.9 Å². The average Bonchev–Trinajstić information content (AvgIpc) is 2.69.